The SMILES string of the molecule is CCCN(CCBr)C(=O)C1COc2ccccc2C1. The van der Waals surface area contributed by atoms with Gasteiger partial charge in [-0.3, -0.25) is 4.79 Å². The quantitative estimate of drug-likeness (QED) is 0.779. The summed E-state index contributed by atoms with van der Waals surface area (Å²) in [5.41, 5.74) is 1.14. The highest BCUT2D eigenvalue weighted by molar-refractivity contribution is 9.09. The first kappa shape index (κ1) is 14.4. The molecule has 0 spiro atoms. The summed E-state index contributed by atoms with van der Waals surface area (Å²) in [6, 6.07) is 7.98. The molecular weight excluding hydrogens is 306 g/mol. The van der Waals surface area contributed by atoms with E-state index in [1.54, 1.807) is 0 Å². The molecule has 1 aromatic rings. The van der Waals surface area contributed by atoms with Crippen LogP contribution in [0.3, 0.4) is 0 Å². The Balaban J connectivity index is 2.04. The summed E-state index contributed by atoms with van der Waals surface area (Å²) in [6.07, 6.45) is 1.78. The third-order valence-corrected chi connectivity index (χ3v) is 3.74. The van der Waals surface area contributed by atoms with Gasteiger partial charge in [0.1, 0.15) is 12.4 Å². The molecule has 0 radical (unpaired) electrons. The number of hydrogen-bond acceptors (Lipinski definition) is 2. The lowest BCUT2D eigenvalue weighted by Crippen LogP contribution is -2.42. The second-order valence-corrected chi connectivity index (χ2v) is 5.63. The maximum absolute atomic E-state index is 12.5. The second-order valence-electron chi connectivity index (χ2n) is 4.83. The van der Waals surface area contributed by atoms with Crippen molar-refractivity contribution in [3.63, 3.8) is 0 Å². The van der Waals surface area contributed by atoms with Crippen LogP contribution >= 0.6 is 15.9 Å². The van der Waals surface area contributed by atoms with Crippen molar-refractivity contribution in [2.75, 3.05) is 25.0 Å². The van der Waals surface area contributed by atoms with E-state index in [2.05, 4.69) is 22.9 Å². The number of carbonyl (C=O) groups excluding carboxylic acids is 1. The van der Waals surface area contributed by atoms with Gasteiger partial charge in [-0.05, 0) is 24.5 Å². The number of ether oxygens (including phenoxy) is 1. The maximum Gasteiger partial charge on any atom is 0.229 e. The molecule has 0 fully saturated rings. The van der Waals surface area contributed by atoms with Gasteiger partial charge in [0.05, 0.1) is 5.92 Å². The highest BCUT2D eigenvalue weighted by Crippen LogP contribution is 2.27. The zero-order chi connectivity index (χ0) is 13.7. The first-order chi connectivity index (χ1) is 9.26. The molecule has 1 aliphatic heterocycles. The van der Waals surface area contributed by atoms with Crippen molar-refractivity contribution in [1.82, 2.24) is 4.90 Å². The minimum atomic E-state index is -0.0412. The predicted octanol–water partition coefficient (Wildman–Crippen LogP) is 2.87. The molecule has 4 heteroatoms. The first-order valence-electron chi connectivity index (χ1n) is 6.81. The minimum Gasteiger partial charge on any atom is -0.492 e. The lowest BCUT2D eigenvalue weighted by molar-refractivity contribution is -0.136. The van der Waals surface area contributed by atoms with Gasteiger partial charge in [-0.25, -0.2) is 0 Å². The summed E-state index contributed by atoms with van der Waals surface area (Å²) in [7, 11) is 0. The minimum absolute atomic E-state index is 0.0412. The number of carbonyl (C=O) groups is 1. The molecule has 0 saturated heterocycles. The topological polar surface area (TPSA) is 29.5 Å². The van der Waals surface area contributed by atoms with Gasteiger partial charge in [-0.1, -0.05) is 41.1 Å². The van der Waals surface area contributed by atoms with Crippen molar-refractivity contribution in [3.8, 4) is 5.75 Å². The fraction of sp³-hybridized carbons (Fsp3) is 0.533. The predicted molar refractivity (Wildman–Crippen MR) is 79.8 cm³/mol. The third-order valence-electron chi connectivity index (χ3n) is 3.39. The van der Waals surface area contributed by atoms with E-state index in [0.717, 1.165) is 42.6 Å². The van der Waals surface area contributed by atoms with Crippen LogP contribution in [0.25, 0.3) is 0 Å². The maximum atomic E-state index is 12.5. The molecule has 0 N–H and O–H groups in total. The van der Waals surface area contributed by atoms with E-state index in [1.807, 2.05) is 29.2 Å². The molecule has 0 saturated carbocycles. The molecule has 2 rings (SSSR count). The zero-order valence-electron chi connectivity index (χ0n) is 11.3. The molecular formula is C15H20BrNO2. The first-order valence-corrected chi connectivity index (χ1v) is 7.93. The summed E-state index contributed by atoms with van der Waals surface area (Å²) >= 11 is 3.41. The number of hydrogen-bond donors (Lipinski definition) is 0. The van der Waals surface area contributed by atoms with Crippen molar-refractivity contribution in [2.45, 2.75) is 19.8 Å². The lowest BCUT2D eigenvalue weighted by Gasteiger charge is -2.30. The van der Waals surface area contributed by atoms with Gasteiger partial charge < -0.3 is 9.64 Å². The number of amides is 1. The van der Waals surface area contributed by atoms with Crippen LogP contribution in [0.4, 0.5) is 0 Å². The molecule has 1 atom stereocenters. The number of benzene rings is 1. The second kappa shape index (κ2) is 6.94. The van der Waals surface area contributed by atoms with Crippen molar-refractivity contribution in [2.24, 2.45) is 5.92 Å². The number of nitrogens with zero attached hydrogens (tertiary/aromatic N) is 1. The molecule has 1 aromatic carbocycles. The normalized spacial score (nSPS) is 17.5. The Morgan fingerprint density at radius 3 is 2.95 bits per heavy atom. The number of rotatable bonds is 5. The van der Waals surface area contributed by atoms with E-state index in [4.69, 9.17) is 4.74 Å². The van der Waals surface area contributed by atoms with Crippen LogP contribution in [0.15, 0.2) is 24.3 Å². The highest BCUT2D eigenvalue weighted by Gasteiger charge is 2.28. The molecule has 1 heterocycles. The Labute approximate surface area is 123 Å². The Morgan fingerprint density at radius 1 is 1.42 bits per heavy atom. The largest absolute Gasteiger partial charge is 0.492 e. The fourth-order valence-electron chi connectivity index (χ4n) is 2.45. The number of para-hydroxylation sites is 1. The third kappa shape index (κ3) is 3.50. The Morgan fingerprint density at radius 2 is 2.21 bits per heavy atom. The molecule has 0 aliphatic carbocycles. The summed E-state index contributed by atoms with van der Waals surface area (Å²) in [5, 5.41) is 0.822. The lowest BCUT2D eigenvalue weighted by atomic mass is 9.95. The summed E-state index contributed by atoms with van der Waals surface area (Å²) < 4.78 is 5.70. The summed E-state index contributed by atoms with van der Waals surface area (Å²) in [4.78, 5) is 14.5. The average Bonchev–Trinajstić information content (AvgIpc) is 2.46. The molecule has 104 valence electrons. The van der Waals surface area contributed by atoms with Crippen LogP contribution in [-0.4, -0.2) is 35.8 Å². The van der Waals surface area contributed by atoms with Crippen molar-refractivity contribution >= 4 is 21.8 Å². The average molecular weight is 326 g/mol. The molecule has 0 bridgehead atoms. The molecule has 19 heavy (non-hydrogen) atoms. The monoisotopic (exact) mass is 325 g/mol. The number of fused-ring (bicyclic) bond motifs is 1. The fourth-order valence-corrected chi connectivity index (χ4v) is 2.88. The van der Waals surface area contributed by atoms with Gasteiger partial charge in [-0.2, -0.15) is 0 Å². The number of halogens is 1. The summed E-state index contributed by atoms with van der Waals surface area (Å²) in [6.45, 7) is 4.19. The smallest absolute Gasteiger partial charge is 0.229 e. The Kier molecular flexibility index (Phi) is 5.25. The van der Waals surface area contributed by atoms with Gasteiger partial charge in [0.25, 0.3) is 0 Å². The zero-order valence-corrected chi connectivity index (χ0v) is 12.9. The van der Waals surface area contributed by atoms with Crippen LogP contribution in [0.5, 0.6) is 5.75 Å². The van der Waals surface area contributed by atoms with E-state index >= 15 is 0 Å². The van der Waals surface area contributed by atoms with Gasteiger partial charge in [0.15, 0.2) is 0 Å². The van der Waals surface area contributed by atoms with Crippen molar-refractivity contribution in [3.05, 3.63) is 29.8 Å². The van der Waals surface area contributed by atoms with Gasteiger partial charge in [0, 0.05) is 18.4 Å². The van der Waals surface area contributed by atoms with E-state index < -0.39 is 0 Å². The standard InChI is InChI=1S/C15H20BrNO2/c1-2-8-17(9-7-16)15(18)13-10-12-5-3-4-6-14(12)19-11-13/h3-6,13H,2,7-11H2,1H3. The van der Waals surface area contributed by atoms with Gasteiger partial charge in [0.2, 0.25) is 5.91 Å². The molecule has 1 aliphatic rings. The van der Waals surface area contributed by atoms with Gasteiger partial charge >= 0.3 is 0 Å². The van der Waals surface area contributed by atoms with Crippen LogP contribution in [0.2, 0.25) is 0 Å². The van der Waals surface area contributed by atoms with E-state index in [-0.39, 0.29) is 11.8 Å². The van der Waals surface area contributed by atoms with E-state index in [9.17, 15) is 4.79 Å². The van der Waals surface area contributed by atoms with Crippen molar-refractivity contribution in [1.29, 1.82) is 0 Å². The van der Waals surface area contributed by atoms with E-state index in [1.165, 1.54) is 0 Å². The highest BCUT2D eigenvalue weighted by atomic mass is 79.9. The Hall–Kier alpha value is -1.03. The van der Waals surface area contributed by atoms with Gasteiger partial charge in [-0.15, -0.1) is 0 Å². The molecule has 3 nitrogen and oxygen atoms in total. The molecule has 1 amide bonds. The molecule has 1 unspecified atom stereocenters. The van der Waals surface area contributed by atoms with Crippen LogP contribution in [0, 0.1) is 5.92 Å². The summed E-state index contributed by atoms with van der Waals surface area (Å²) in [5.74, 6) is 1.10. The molecule has 0 aromatic heterocycles. The van der Waals surface area contributed by atoms with Crippen LogP contribution in [-0.2, 0) is 11.2 Å². The van der Waals surface area contributed by atoms with E-state index in [0.29, 0.717) is 6.61 Å². The van der Waals surface area contributed by atoms with Crippen LogP contribution < -0.4 is 4.74 Å². The Bertz CT molecular complexity index is 430. The number of alkyl halides is 1. The van der Waals surface area contributed by atoms with Crippen LogP contribution in [0.1, 0.15) is 18.9 Å². The van der Waals surface area contributed by atoms with Crippen molar-refractivity contribution < 1.29 is 9.53 Å².